The molecule has 0 saturated carbocycles. The van der Waals surface area contributed by atoms with Crippen LogP contribution < -0.4 is 5.69 Å². The van der Waals surface area contributed by atoms with Gasteiger partial charge in [-0.05, 0) is 56.5 Å². The summed E-state index contributed by atoms with van der Waals surface area (Å²) in [6, 6.07) is 20.3. The molecule has 5 rings (SSSR count). The van der Waals surface area contributed by atoms with E-state index in [1.54, 1.807) is 4.57 Å². The summed E-state index contributed by atoms with van der Waals surface area (Å²) in [5.41, 5.74) is 8.10. The Hall–Kier alpha value is -3.73. The van der Waals surface area contributed by atoms with Gasteiger partial charge in [0, 0.05) is 10.9 Å². The summed E-state index contributed by atoms with van der Waals surface area (Å²) < 4.78 is 3.25. The molecule has 0 N–H and O–H groups in total. The Bertz CT molecular complexity index is 1480. The molecule has 0 aliphatic rings. The fourth-order valence-electron chi connectivity index (χ4n) is 4.33. The maximum Gasteiger partial charge on any atom is 0.351 e. The van der Waals surface area contributed by atoms with Gasteiger partial charge in [0.1, 0.15) is 0 Å². The normalized spacial score (nSPS) is 11.5. The van der Waals surface area contributed by atoms with Crippen LogP contribution in [-0.2, 0) is 6.54 Å². The van der Waals surface area contributed by atoms with E-state index in [0.717, 1.165) is 22.0 Å². The van der Waals surface area contributed by atoms with Crippen LogP contribution in [-0.4, -0.2) is 19.2 Å². The fraction of sp³-hybridized carbons (Fsp3) is 0.192. The molecule has 5 aromatic rings. The lowest BCUT2D eigenvalue weighted by Crippen LogP contribution is -2.28. The molecular formula is C26H24N4O. The molecule has 2 heterocycles. The Morgan fingerprint density at radius 1 is 0.839 bits per heavy atom. The Labute approximate surface area is 180 Å². The van der Waals surface area contributed by atoms with Crippen molar-refractivity contribution in [1.82, 2.24) is 19.2 Å². The van der Waals surface area contributed by atoms with Gasteiger partial charge in [0.15, 0.2) is 11.5 Å². The van der Waals surface area contributed by atoms with Crippen molar-refractivity contribution in [2.45, 2.75) is 34.2 Å². The van der Waals surface area contributed by atoms with Crippen molar-refractivity contribution in [2.75, 3.05) is 0 Å². The maximum atomic E-state index is 13.6. The zero-order valence-corrected chi connectivity index (χ0v) is 18.2. The van der Waals surface area contributed by atoms with Crippen molar-refractivity contribution in [1.29, 1.82) is 0 Å². The lowest BCUT2D eigenvalue weighted by molar-refractivity contribution is 0.711. The molecule has 5 heteroatoms. The molecule has 0 amide bonds. The number of nitrogens with zero attached hydrogens (tertiary/aromatic N) is 4. The van der Waals surface area contributed by atoms with Gasteiger partial charge >= 0.3 is 5.69 Å². The van der Waals surface area contributed by atoms with Crippen molar-refractivity contribution in [3.63, 3.8) is 0 Å². The predicted molar refractivity (Wildman–Crippen MR) is 125 cm³/mol. The van der Waals surface area contributed by atoms with Gasteiger partial charge in [-0.25, -0.2) is 9.78 Å². The number of benzene rings is 3. The fourth-order valence-corrected chi connectivity index (χ4v) is 4.33. The van der Waals surface area contributed by atoms with Crippen molar-refractivity contribution >= 4 is 16.6 Å². The topological polar surface area (TPSA) is 52.2 Å². The molecule has 0 fully saturated rings. The number of aryl methyl sites for hydroxylation is 4. The van der Waals surface area contributed by atoms with Gasteiger partial charge in [-0.2, -0.15) is 4.52 Å². The first-order chi connectivity index (χ1) is 14.9. The monoisotopic (exact) mass is 408 g/mol. The molecule has 0 radical (unpaired) electrons. The summed E-state index contributed by atoms with van der Waals surface area (Å²) in [5.74, 6) is 0.558. The predicted octanol–water partition coefficient (Wildman–Crippen LogP) is 4.99. The van der Waals surface area contributed by atoms with Gasteiger partial charge < -0.3 is 0 Å². The van der Waals surface area contributed by atoms with Gasteiger partial charge in [-0.15, -0.1) is 5.10 Å². The van der Waals surface area contributed by atoms with E-state index in [-0.39, 0.29) is 5.69 Å². The minimum Gasteiger partial charge on any atom is -0.287 e. The van der Waals surface area contributed by atoms with Gasteiger partial charge in [-0.3, -0.25) is 4.57 Å². The van der Waals surface area contributed by atoms with Crippen LogP contribution in [0.4, 0.5) is 0 Å². The molecule has 2 aromatic heterocycles. The van der Waals surface area contributed by atoms with Crippen LogP contribution in [0.5, 0.6) is 0 Å². The first kappa shape index (κ1) is 19.2. The molecule has 0 aliphatic carbocycles. The summed E-state index contributed by atoms with van der Waals surface area (Å²) >= 11 is 0. The summed E-state index contributed by atoms with van der Waals surface area (Å²) in [4.78, 5) is 18.3. The molecule has 154 valence electrons. The second-order valence-corrected chi connectivity index (χ2v) is 8.30. The lowest BCUT2D eigenvalue weighted by Gasteiger charge is -2.15. The smallest absolute Gasteiger partial charge is 0.287 e. The van der Waals surface area contributed by atoms with Crippen LogP contribution >= 0.6 is 0 Å². The van der Waals surface area contributed by atoms with Crippen molar-refractivity contribution in [3.8, 4) is 11.4 Å². The molecule has 0 bridgehead atoms. The van der Waals surface area contributed by atoms with Crippen molar-refractivity contribution in [3.05, 3.63) is 99.0 Å². The summed E-state index contributed by atoms with van der Waals surface area (Å²) in [6.45, 7) is 8.84. The maximum absolute atomic E-state index is 13.6. The third-order valence-corrected chi connectivity index (χ3v) is 5.92. The molecule has 3 aromatic carbocycles. The zero-order valence-electron chi connectivity index (χ0n) is 18.2. The first-order valence-corrected chi connectivity index (χ1v) is 10.4. The Morgan fingerprint density at radius 3 is 2.23 bits per heavy atom. The highest BCUT2D eigenvalue weighted by molar-refractivity contribution is 5.92. The van der Waals surface area contributed by atoms with Gasteiger partial charge in [0.05, 0.1) is 12.1 Å². The van der Waals surface area contributed by atoms with Crippen LogP contribution in [0.25, 0.3) is 27.9 Å². The van der Waals surface area contributed by atoms with Gasteiger partial charge in [0.25, 0.3) is 0 Å². The van der Waals surface area contributed by atoms with Crippen molar-refractivity contribution < 1.29 is 0 Å². The van der Waals surface area contributed by atoms with E-state index < -0.39 is 0 Å². The zero-order chi connectivity index (χ0) is 21.7. The van der Waals surface area contributed by atoms with E-state index in [2.05, 4.69) is 38.0 Å². The Balaban J connectivity index is 1.76. The molecule has 5 nitrogen and oxygen atoms in total. The van der Waals surface area contributed by atoms with E-state index in [4.69, 9.17) is 4.98 Å². The number of aromatic nitrogens is 4. The minimum absolute atomic E-state index is 0.182. The molecule has 0 saturated heterocycles. The highest BCUT2D eigenvalue weighted by atomic mass is 16.2. The minimum atomic E-state index is -0.182. The lowest BCUT2D eigenvalue weighted by atomic mass is 9.99. The first-order valence-electron chi connectivity index (χ1n) is 10.4. The SMILES string of the molecule is Cc1ccc(-c2nc3c4ccccc4n(Cc4c(C)cc(C)cc4C)c(=O)n3n2)cc1. The van der Waals surface area contributed by atoms with Crippen LogP contribution in [0.15, 0.2) is 65.5 Å². The molecular weight excluding hydrogens is 384 g/mol. The quantitative estimate of drug-likeness (QED) is 0.422. The molecule has 0 atom stereocenters. The van der Waals surface area contributed by atoms with Crippen LogP contribution in [0.2, 0.25) is 0 Å². The third-order valence-electron chi connectivity index (χ3n) is 5.92. The average molecular weight is 409 g/mol. The van der Waals surface area contributed by atoms with E-state index in [0.29, 0.717) is 18.0 Å². The Kier molecular flexibility index (Phi) is 4.47. The second kappa shape index (κ2) is 7.20. The van der Waals surface area contributed by atoms with E-state index in [1.165, 1.54) is 26.8 Å². The highest BCUT2D eigenvalue weighted by Gasteiger charge is 2.17. The average Bonchev–Trinajstić information content (AvgIpc) is 3.19. The standard InChI is InChI=1S/C26H24N4O/c1-16-9-11-20(12-10-16)24-27-25-21-7-5-6-8-23(21)29(26(31)30(25)28-24)15-22-18(3)13-17(2)14-19(22)4/h5-14H,15H2,1-4H3. The van der Waals surface area contributed by atoms with E-state index >= 15 is 0 Å². The summed E-state index contributed by atoms with van der Waals surface area (Å²) in [7, 11) is 0. The number of rotatable bonds is 3. The van der Waals surface area contributed by atoms with Gasteiger partial charge in [-0.1, -0.05) is 59.7 Å². The van der Waals surface area contributed by atoms with Crippen LogP contribution in [0.1, 0.15) is 27.8 Å². The van der Waals surface area contributed by atoms with Crippen LogP contribution in [0, 0.1) is 27.7 Å². The van der Waals surface area contributed by atoms with Crippen molar-refractivity contribution in [2.24, 2.45) is 0 Å². The molecule has 0 spiro atoms. The molecule has 0 unspecified atom stereocenters. The number of para-hydroxylation sites is 1. The highest BCUT2D eigenvalue weighted by Crippen LogP contribution is 2.23. The number of fused-ring (bicyclic) bond motifs is 3. The van der Waals surface area contributed by atoms with E-state index in [9.17, 15) is 4.79 Å². The number of hydrogen-bond acceptors (Lipinski definition) is 3. The largest absolute Gasteiger partial charge is 0.351 e. The third kappa shape index (κ3) is 3.22. The molecule has 0 aliphatic heterocycles. The van der Waals surface area contributed by atoms with Gasteiger partial charge in [0.2, 0.25) is 0 Å². The Morgan fingerprint density at radius 2 is 1.52 bits per heavy atom. The summed E-state index contributed by atoms with van der Waals surface area (Å²) in [6.07, 6.45) is 0. The van der Waals surface area contributed by atoms with E-state index in [1.807, 2.05) is 55.5 Å². The second-order valence-electron chi connectivity index (χ2n) is 8.30. The molecule has 31 heavy (non-hydrogen) atoms. The summed E-state index contributed by atoms with van der Waals surface area (Å²) in [5, 5.41) is 5.51. The number of hydrogen-bond donors (Lipinski definition) is 0. The van der Waals surface area contributed by atoms with Crippen LogP contribution in [0.3, 0.4) is 0 Å².